The third-order valence-corrected chi connectivity index (χ3v) is 3.81. The number of carbonyl (C=O) groups is 1. The summed E-state index contributed by atoms with van der Waals surface area (Å²) >= 11 is 6.01. The molecule has 2 aromatic rings. The SMILES string of the molecule is COc1cc(NC(=O)N[C@@H](C)c2ccc(F)c(F)c2)c(OC)cc1Cl. The predicted octanol–water partition coefficient (Wildman–Crippen LogP) is 4.52. The Labute approximate surface area is 148 Å². The Bertz CT molecular complexity index is 787. The highest BCUT2D eigenvalue weighted by molar-refractivity contribution is 6.32. The van der Waals surface area contributed by atoms with Gasteiger partial charge in [-0.1, -0.05) is 17.7 Å². The number of nitrogens with one attached hydrogen (secondary N) is 2. The molecular weight excluding hydrogens is 354 g/mol. The summed E-state index contributed by atoms with van der Waals surface area (Å²) < 4.78 is 36.6. The Morgan fingerprint density at radius 1 is 1.08 bits per heavy atom. The van der Waals surface area contributed by atoms with Crippen LogP contribution in [-0.4, -0.2) is 20.3 Å². The normalized spacial score (nSPS) is 11.6. The van der Waals surface area contributed by atoms with Gasteiger partial charge in [-0.25, -0.2) is 13.6 Å². The molecule has 0 aromatic heterocycles. The zero-order chi connectivity index (χ0) is 18.6. The summed E-state index contributed by atoms with van der Waals surface area (Å²) in [4.78, 5) is 12.2. The average Bonchev–Trinajstić information content (AvgIpc) is 2.58. The van der Waals surface area contributed by atoms with E-state index in [1.54, 1.807) is 6.92 Å². The van der Waals surface area contributed by atoms with E-state index in [2.05, 4.69) is 10.6 Å². The quantitative estimate of drug-likeness (QED) is 0.813. The molecule has 2 N–H and O–H groups in total. The topological polar surface area (TPSA) is 59.6 Å². The summed E-state index contributed by atoms with van der Waals surface area (Å²) in [5.41, 5.74) is 0.772. The van der Waals surface area contributed by atoms with E-state index in [4.69, 9.17) is 21.1 Å². The van der Waals surface area contributed by atoms with Crippen molar-refractivity contribution in [3.63, 3.8) is 0 Å². The molecule has 1 atom stereocenters. The number of halogens is 3. The minimum absolute atomic E-state index is 0.334. The number of urea groups is 1. The molecule has 0 aliphatic carbocycles. The van der Waals surface area contributed by atoms with Crippen LogP contribution in [0.1, 0.15) is 18.5 Å². The van der Waals surface area contributed by atoms with E-state index in [0.29, 0.717) is 27.8 Å². The van der Waals surface area contributed by atoms with E-state index in [1.165, 1.54) is 32.4 Å². The summed E-state index contributed by atoms with van der Waals surface area (Å²) in [5.74, 6) is -1.21. The Morgan fingerprint density at radius 3 is 2.36 bits per heavy atom. The fraction of sp³-hybridized carbons (Fsp3) is 0.235. The Balaban J connectivity index is 2.12. The summed E-state index contributed by atoms with van der Waals surface area (Å²) in [5, 5.41) is 5.57. The zero-order valence-corrected chi connectivity index (χ0v) is 14.6. The molecular formula is C17H17ClF2N2O3. The molecule has 0 aliphatic heterocycles. The summed E-state index contributed by atoms with van der Waals surface area (Å²) in [6, 6.07) is 5.36. The average molecular weight is 371 g/mol. The van der Waals surface area contributed by atoms with Gasteiger partial charge in [-0.05, 0) is 24.6 Å². The lowest BCUT2D eigenvalue weighted by atomic mass is 10.1. The molecule has 0 spiro atoms. The molecule has 0 saturated heterocycles. The molecule has 5 nitrogen and oxygen atoms in total. The fourth-order valence-corrected chi connectivity index (χ4v) is 2.41. The largest absolute Gasteiger partial charge is 0.495 e. The van der Waals surface area contributed by atoms with E-state index < -0.39 is 23.7 Å². The van der Waals surface area contributed by atoms with E-state index >= 15 is 0 Å². The first-order valence-electron chi connectivity index (χ1n) is 7.29. The highest BCUT2D eigenvalue weighted by Crippen LogP contribution is 2.35. The minimum atomic E-state index is -0.976. The van der Waals surface area contributed by atoms with Crippen LogP contribution in [0.4, 0.5) is 19.3 Å². The third-order valence-electron chi connectivity index (χ3n) is 3.51. The molecule has 0 aliphatic rings. The lowest BCUT2D eigenvalue weighted by Crippen LogP contribution is -2.31. The lowest BCUT2D eigenvalue weighted by molar-refractivity contribution is 0.249. The van der Waals surface area contributed by atoms with Crippen LogP contribution in [0.3, 0.4) is 0 Å². The van der Waals surface area contributed by atoms with Gasteiger partial charge < -0.3 is 20.1 Å². The number of benzene rings is 2. The van der Waals surface area contributed by atoms with Crippen LogP contribution in [0, 0.1) is 11.6 Å². The van der Waals surface area contributed by atoms with Crippen molar-refractivity contribution in [2.24, 2.45) is 0 Å². The molecule has 0 heterocycles. The number of anilines is 1. The van der Waals surface area contributed by atoms with Crippen molar-refractivity contribution in [1.29, 1.82) is 0 Å². The maximum atomic E-state index is 13.3. The number of rotatable bonds is 5. The third kappa shape index (κ3) is 4.51. The van der Waals surface area contributed by atoms with Crippen LogP contribution < -0.4 is 20.1 Å². The Morgan fingerprint density at radius 2 is 1.76 bits per heavy atom. The number of hydrogen-bond acceptors (Lipinski definition) is 3. The van der Waals surface area contributed by atoms with Gasteiger partial charge >= 0.3 is 6.03 Å². The van der Waals surface area contributed by atoms with Gasteiger partial charge in [-0.2, -0.15) is 0 Å². The van der Waals surface area contributed by atoms with Crippen LogP contribution in [-0.2, 0) is 0 Å². The first-order chi connectivity index (χ1) is 11.8. The van der Waals surface area contributed by atoms with Crippen molar-refractivity contribution in [2.75, 3.05) is 19.5 Å². The van der Waals surface area contributed by atoms with Crippen LogP contribution >= 0.6 is 11.6 Å². The van der Waals surface area contributed by atoms with Gasteiger partial charge in [-0.3, -0.25) is 0 Å². The van der Waals surface area contributed by atoms with Crippen molar-refractivity contribution >= 4 is 23.3 Å². The second-order valence-corrected chi connectivity index (χ2v) is 5.59. The van der Waals surface area contributed by atoms with Gasteiger partial charge in [-0.15, -0.1) is 0 Å². The maximum Gasteiger partial charge on any atom is 0.319 e. The summed E-state index contributed by atoms with van der Waals surface area (Å²) in [7, 11) is 2.88. The van der Waals surface area contributed by atoms with Gasteiger partial charge in [0.25, 0.3) is 0 Å². The molecule has 25 heavy (non-hydrogen) atoms. The molecule has 0 saturated carbocycles. The number of hydrogen-bond donors (Lipinski definition) is 2. The molecule has 2 rings (SSSR count). The molecule has 0 bridgehead atoms. The van der Waals surface area contributed by atoms with Crippen LogP contribution in [0.25, 0.3) is 0 Å². The first kappa shape index (κ1) is 18.8. The smallest absolute Gasteiger partial charge is 0.319 e. The maximum absolute atomic E-state index is 13.3. The van der Waals surface area contributed by atoms with Gasteiger partial charge in [0.1, 0.15) is 11.5 Å². The number of ether oxygens (including phenoxy) is 2. The zero-order valence-electron chi connectivity index (χ0n) is 13.8. The second-order valence-electron chi connectivity index (χ2n) is 5.18. The first-order valence-corrected chi connectivity index (χ1v) is 7.67. The van der Waals surface area contributed by atoms with E-state index in [0.717, 1.165) is 12.1 Å². The highest BCUT2D eigenvalue weighted by Gasteiger charge is 2.15. The minimum Gasteiger partial charge on any atom is -0.495 e. The fourth-order valence-electron chi connectivity index (χ4n) is 2.18. The second kappa shape index (κ2) is 8.02. The monoisotopic (exact) mass is 370 g/mol. The van der Waals surface area contributed by atoms with Crippen molar-refractivity contribution in [3.8, 4) is 11.5 Å². The lowest BCUT2D eigenvalue weighted by Gasteiger charge is -2.17. The van der Waals surface area contributed by atoms with Crippen LogP contribution in [0.2, 0.25) is 5.02 Å². The van der Waals surface area contributed by atoms with Crippen molar-refractivity contribution in [2.45, 2.75) is 13.0 Å². The summed E-state index contributed by atoms with van der Waals surface area (Å²) in [6.45, 7) is 1.64. The molecule has 134 valence electrons. The van der Waals surface area contributed by atoms with E-state index in [1.807, 2.05) is 0 Å². The van der Waals surface area contributed by atoms with Gasteiger partial charge in [0.05, 0.1) is 31.0 Å². The van der Waals surface area contributed by atoms with Gasteiger partial charge in [0, 0.05) is 12.1 Å². The molecule has 2 aromatic carbocycles. The summed E-state index contributed by atoms with van der Waals surface area (Å²) in [6.07, 6.45) is 0. The Kier molecular flexibility index (Phi) is 6.03. The van der Waals surface area contributed by atoms with Crippen molar-refractivity contribution in [3.05, 3.63) is 52.6 Å². The molecule has 2 amide bonds. The molecule has 8 heteroatoms. The van der Waals surface area contributed by atoms with Crippen molar-refractivity contribution in [1.82, 2.24) is 5.32 Å². The predicted molar refractivity (Wildman–Crippen MR) is 91.5 cm³/mol. The molecule has 0 radical (unpaired) electrons. The van der Waals surface area contributed by atoms with E-state index in [-0.39, 0.29) is 0 Å². The van der Waals surface area contributed by atoms with Crippen LogP contribution in [0.5, 0.6) is 11.5 Å². The van der Waals surface area contributed by atoms with Crippen LogP contribution in [0.15, 0.2) is 30.3 Å². The molecule has 0 unspecified atom stereocenters. The number of methoxy groups -OCH3 is 2. The molecule has 0 fully saturated rings. The Hall–Kier alpha value is -2.54. The highest BCUT2D eigenvalue weighted by atomic mass is 35.5. The van der Waals surface area contributed by atoms with Gasteiger partial charge in [0.15, 0.2) is 11.6 Å². The number of amides is 2. The van der Waals surface area contributed by atoms with Gasteiger partial charge in [0.2, 0.25) is 0 Å². The van der Waals surface area contributed by atoms with E-state index in [9.17, 15) is 13.6 Å². The standard InChI is InChI=1S/C17H17ClF2N2O3/c1-9(10-4-5-12(19)13(20)6-10)21-17(23)22-14-8-15(24-2)11(18)7-16(14)25-3/h4-9H,1-3H3,(H2,21,22,23)/t9-/m0/s1. The van der Waals surface area contributed by atoms with Crippen molar-refractivity contribution < 1.29 is 23.0 Å². The number of carbonyl (C=O) groups excluding carboxylic acids is 1.